The Labute approximate surface area is 116 Å². The second kappa shape index (κ2) is 6.10. The average molecular weight is 279 g/mol. The third kappa shape index (κ3) is 3.99. The molecule has 0 spiro atoms. The molecule has 102 valence electrons. The van der Waals surface area contributed by atoms with E-state index in [0.717, 1.165) is 0 Å². The minimum Gasteiger partial charge on any atom is -0.481 e. The van der Waals surface area contributed by atoms with Gasteiger partial charge in [0.05, 0.1) is 11.8 Å². The van der Waals surface area contributed by atoms with Crippen LogP contribution in [0.5, 0.6) is 0 Å². The molecule has 0 radical (unpaired) electrons. The van der Waals surface area contributed by atoms with Crippen LogP contribution in [0.2, 0.25) is 0 Å². The molecule has 1 aromatic carbocycles. The molecular formula is C14H17NO3S. The molecule has 1 amide bonds. The summed E-state index contributed by atoms with van der Waals surface area (Å²) in [6.07, 6.45) is 0.474. The highest BCUT2D eigenvalue weighted by molar-refractivity contribution is 8.00. The van der Waals surface area contributed by atoms with Gasteiger partial charge in [-0.1, -0.05) is 25.1 Å². The summed E-state index contributed by atoms with van der Waals surface area (Å²) in [4.78, 5) is 23.5. The van der Waals surface area contributed by atoms with E-state index < -0.39 is 11.9 Å². The van der Waals surface area contributed by atoms with Crippen LogP contribution in [0.1, 0.15) is 13.3 Å². The second-order valence-corrected chi connectivity index (χ2v) is 6.29. The van der Waals surface area contributed by atoms with Gasteiger partial charge < -0.3 is 10.4 Å². The van der Waals surface area contributed by atoms with Gasteiger partial charge in [-0.3, -0.25) is 9.59 Å². The van der Waals surface area contributed by atoms with Crippen molar-refractivity contribution in [1.29, 1.82) is 0 Å². The first kappa shape index (κ1) is 13.9. The zero-order valence-corrected chi connectivity index (χ0v) is 11.5. The van der Waals surface area contributed by atoms with Crippen molar-refractivity contribution in [1.82, 2.24) is 5.32 Å². The lowest BCUT2D eigenvalue weighted by atomic mass is 10.3. The van der Waals surface area contributed by atoms with Gasteiger partial charge >= 0.3 is 5.97 Å². The van der Waals surface area contributed by atoms with Crippen LogP contribution in [0.4, 0.5) is 0 Å². The maximum atomic E-state index is 11.7. The highest BCUT2D eigenvalue weighted by Crippen LogP contribution is 2.38. The summed E-state index contributed by atoms with van der Waals surface area (Å²) in [5, 5.41) is 11.8. The Balaban J connectivity index is 1.71. The van der Waals surface area contributed by atoms with Gasteiger partial charge in [0.15, 0.2) is 0 Å². The fourth-order valence-corrected chi connectivity index (χ4v) is 2.85. The molecule has 0 heterocycles. The van der Waals surface area contributed by atoms with Crippen LogP contribution in [0.25, 0.3) is 0 Å². The van der Waals surface area contributed by atoms with Crippen LogP contribution in [0.3, 0.4) is 0 Å². The van der Waals surface area contributed by atoms with Crippen molar-refractivity contribution in [3.8, 4) is 0 Å². The molecule has 3 unspecified atom stereocenters. The van der Waals surface area contributed by atoms with E-state index in [1.807, 2.05) is 37.3 Å². The number of carboxylic acid groups (broad SMARTS) is 1. The Kier molecular flexibility index (Phi) is 4.47. The lowest BCUT2D eigenvalue weighted by Crippen LogP contribution is -2.31. The first-order valence-corrected chi connectivity index (χ1v) is 7.18. The van der Waals surface area contributed by atoms with Crippen molar-refractivity contribution < 1.29 is 14.7 Å². The molecule has 1 aliphatic rings. The van der Waals surface area contributed by atoms with Gasteiger partial charge in [0.2, 0.25) is 5.91 Å². The number of carboxylic acids is 1. The monoisotopic (exact) mass is 279 g/mol. The van der Waals surface area contributed by atoms with E-state index >= 15 is 0 Å². The zero-order chi connectivity index (χ0) is 13.8. The molecule has 5 heteroatoms. The Morgan fingerprint density at radius 3 is 2.63 bits per heavy atom. The minimum absolute atomic E-state index is 0.132. The van der Waals surface area contributed by atoms with Crippen molar-refractivity contribution in [3.63, 3.8) is 0 Å². The van der Waals surface area contributed by atoms with Crippen LogP contribution < -0.4 is 5.32 Å². The van der Waals surface area contributed by atoms with Crippen LogP contribution >= 0.6 is 11.8 Å². The molecule has 4 nitrogen and oxygen atoms in total. The van der Waals surface area contributed by atoms with Crippen LogP contribution in [-0.4, -0.2) is 28.8 Å². The summed E-state index contributed by atoms with van der Waals surface area (Å²) in [7, 11) is 0. The first-order chi connectivity index (χ1) is 9.08. The minimum atomic E-state index is -0.869. The van der Waals surface area contributed by atoms with Crippen LogP contribution in [0.15, 0.2) is 35.2 Å². The predicted molar refractivity (Wildman–Crippen MR) is 74.0 cm³/mol. The van der Waals surface area contributed by atoms with Crippen LogP contribution in [0, 0.1) is 11.8 Å². The molecule has 2 rings (SSSR count). The Morgan fingerprint density at radius 2 is 2.05 bits per heavy atom. The molecule has 3 atom stereocenters. The van der Waals surface area contributed by atoms with Gasteiger partial charge in [-0.2, -0.15) is 0 Å². The summed E-state index contributed by atoms with van der Waals surface area (Å²) < 4.78 is 0. The van der Waals surface area contributed by atoms with E-state index in [2.05, 4.69) is 5.32 Å². The molecule has 0 bridgehead atoms. The van der Waals surface area contributed by atoms with Gasteiger partial charge in [0.1, 0.15) is 0 Å². The van der Waals surface area contributed by atoms with Crippen LogP contribution in [-0.2, 0) is 9.59 Å². The summed E-state index contributed by atoms with van der Waals surface area (Å²) in [5.74, 6) is -1.80. The van der Waals surface area contributed by atoms with Gasteiger partial charge in [0, 0.05) is 16.7 Å². The van der Waals surface area contributed by atoms with Gasteiger partial charge in [-0.15, -0.1) is 11.8 Å². The molecule has 19 heavy (non-hydrogen) atoms. The lowest BCUT2D eigenvalue weighted by molar-refractivity contribution is -0.140. The molecule has 0 aromatic heterocycles. The standard InChI is InChI=1S/C14H17NO3S/c1-9(19-10-5-3-2-4-6-10)8-15-13(16)11-7-12(11)14(17)18/h2-6,9,11-12H,7-8H2,1H3,(H,15,16)(H,17,18). The lowest BCUT2D eigenvalue weighted by Gasteiger charge is -2.12. The third-order valence-electron chi connectivity index (χ3n) is 3.09. The van der Waals surface area contributed by atoms with Crippen molar-refractivity contribution in [2.75, 3.05) is 6.54 Å². The molecular weight excluding hydrogens is 262 g/mol. The number of nitrogens with one attached hydrogen (secondary N) is 1. The van der Waals surface area contributed by atoms with Crippen molar-refractivity contribution in [2.45, 2.75) is 23.5 Å². The summed E-state index contributed by atoms with van der Waals surface area (Å²) >= 11 is 1.69. The normalized spacial score (nSPS) is 22.6. The molecule has 0 saturated heterocycles. The SMILES string of the molecule is CC(CNC(=O)C1CC1C(=O)O)Sc1ccccc1. The molecule has 2 N–H and O–H groups in total. The van der Waals surface area contributed by atoms with E-state index in [4.69, 9.17) is 5.11 Å². The van der Waals surface area contributed by atoms with Gasteiger partial charge in [-0.25, -0.2) is 0 Å². The zero-order valence-electron chi connectivity index (χ0n) is 10.7. The number of thioether (sulfide) groups is 1. The highest BCUT2D eigenvalue weighted by atomic mass is 32.2. The highest BCUT2D eigenvalue weighted by Gasteiger charge is 2.48. The quantitative estimate of drug-likeness (QED) is 0.782. The molecule has 0 aliphatic heterocycles. The number of aliphatic carboxylic acids is 1. The number of rotatable bonds is 6. The number of amides is 1. The van der Waals surface area contributed by atoms with Gasteiger partial charge in [0.25, 0.3) is 0 Å². The summed E-state index contributed by atoms with van der Waals surface area (Å²) in [5.41, 5.74) is 0. The van der Waals surface area contributed by atoms with Crippen molar-refractivity contribution in [3.05, 3.63) is 30.3 Å². The number of hydrogen-bond donors (Lipinski definition) is 2. The Hall–Kier alpha value is -1.49. The average Bonchev–Trinajstić information content (AvgIpc) is 3.17. The molecule has 1 fully saturated rings. The number of benzene rings is 1. The van der Waals surface area contributed by atoms with E-state index in [0.29, 0.717) is 13.0 Å². The molecule has 1 saturated carbocycles. The fourth-order valence-electron chi connectivity index (χ4n) is 1.91. The molecule has 1 aliphatic carbocycles. The number of carbonyl (C=O) groups excluding carboxylic acids is 1. The van der Waals surface area contributed by atoms with E-state index in [1.165, 1.54) is 4.90 Å². The Bertz CT molecular complexity index is 463. The van der Waals surface area contributed by atoms with E-state index in [1.54, 1.807) is 11.8 Å². The number of hydrogen-bond acceptors (Lipinski definition) is 3. The summed E-state index contributed by atoms with van der Waals surface area (Å²) in [6, 6.07) is 9.99. The predicted octanol–water partition coefficient (Wildman–Crippen LogP) is 2.00. The third-order valence-corrected chi connectivity index (χ3v) is 4.20. The first-order valence-electron chi connectivity index (χ1n) is 6.30. The maximum Gasteiger partial charge on any atom is 0.307 e. The fraction of sp³-hybridized carbons (Fsp3) is 0.429. The smallest absolute Gasteiger partial charge is 0.307 e. The largest absolute Gasteiger partial charge is 0.481 e. The second-order valence-electron chi connectivity index (χ2n) is 4.77. The Morgan fingerprint density at radius 1 is 1.37 bits per heavy atom. The van der Waals surface area contributed by atoms with E-state index in [-0.39, 0.29) is 17.1 Å². The number of carbonyl (C=O) groups is 2. The van der Waals surface area contributed by atoms with E-state index in [9.17, 15) is 9.59 Å². The maximum absolute atomic E-state index is 11.7. The van der Waals surface area contributed by atoms with Crippen molar-refractivity contribution >= 4 is 23.6 Å². The van der Waals surface area contributed by atoms with Gasteiger partial charge in [-0.05, 0) is 18.6 Å². The topological polar surface area (TPSA) is 66.4 Å². The molecule has 1 aromatic rings. The van der Waals surface area contributed by atoms with Crippen molar-refractivity contribution in [2.24, 2.45) is 11.8 Å². The summed E-state index contributed by atoms with van der Waals surface area (Å²) in [6.45, 7) is 2.60.